The third kappa shape index (κ3) is 4.07. The molecule has 0 amide bonds. The third-order valence-electron chi connectivity index (χ3n) is 4.82. The average Bonchev–Trinajstić information content (AvgIpc) is 2.62. The summed E-state index contributed by atoms with van der Waals surface area (Å²) in [4.78, 5) is 11.9. The second-order valence-electron chi connectivity index (χ2n) is 6.58. The minimum atomic E-state index is -0.202. The van der Waals surface area contributed by atoms with Crippen molar-refractivity contribution < 1.29 is 9.18 Å². The number of allylic oxidation sites excluding steroid dienone is 2. The molecule has 3 rings (SSSR count). The van der Waals surface area contributed by atoms with Gasteiger partial charge in [-0.3, -0.25) is 4.79 Å². The molecule has 26 heavy (non-hydrogen) atoms. The Balaban J connectivity index is 1.76. The van der Waals surface area contributed by atoms with Crippen molar-refractivity contribution in [3.05, 3.63) is 69.6 Å². The molecule has 0 radical (unpaired) electrons. The van der Waals surface area contributed by atoms with Crippen LogP contribution in [0.25, 0.3) is 0 Å². The van der Waals surface area contributed by atoms with Gasteiger partial charge in [0.1, 0.15) is 5.82 Å². The highest BCUT2D eigenvalue weighted by Gasteiger charge is 2.17. The van der Waals surface area contributed by atoms with Gasteiger partial charge in [0.15, 0.2) is 5.78 Å². The fourth-order valence-electron chi connectivity index (χ4n) is 3.06. The van der Waals surface area contributed by atoms with Crippen LogP contribution in [0.3, 0.4) is 0 Å². The van der Waals surface area contributed by atoms with Crippen molar-refractivity contribution in [3.63, 3.8) is 0 Å². The zero-order valence-corrected chi connectivity index (χ0v) is 15.7. The fourth-order valence-corrected chi connectivity index (χ4v) is 3.22. The van der Waals surface area contributed by atoms with Gasteiger partial charge in [-0.2, -0.15) is 0 Å². The molecule has 0 aliphatic heterocycles. The molecule has 0 unspecified atom stereocenters. The number of hydrogen-bond donors (Lipinski definition) is 2. The molecule has 0 saturated carbocycles. The monoisotopic (exact) mass is 372 g/mol. The van der Waals surface area contributed by atoms with E-state index in [1.54, 1.807) is 13.0 Å². The Morgan fingerprint density at radius 1 is 1.15 bits per heavy atom. The molecule has 2 aromatic carbocycles. The van der Waals surface area contributed by atoms with Gasteiger partial charge in [0.05, 0.1) is 10.7 Å². The number of halogens is 2. The molecular weight excluding hydrogens is 351 g/mol. The summed E-state index contributed by atoms with van der Waals surface area (Å²) in [7, 11) is 0. The molecule has 0 aromatic heterocycles. The van der Waals surface area contributed by atoms with Gasteiger partial charge in [-0.15, -0.1) is 0 Å². The minimum Gasteiger partial charge on any atom is -0.381 e. The van der Waals surface area contributed by atoms with E-state index < -0.39 is 0 Å². The first-order chi connectivity index (χ1) is 12.5. The molecule has 0 heterocycles. The van der Waals surface area contributed by atoms with Crippen molar-refractivity contribution in [2.75, 3.05) is 10.6 Å². The van der Waals surface area contributed by atoms with Gasteiger partial charge in [-0.25, -0.2) is 4.39 Å². The predicted molar refractivity (Wildman–Crippen MR) is 105 cm³/mol. The highest BCUT2D eigenvalue weighted by atomic mass is 35.5. The number of Topliss-reactive ketones (excluding diaryl/α,β-unsaturated/α-hetero) is 1. The Labute approximate surface area is 158 Å². The van der Waals surface area contributed by atoms with Crippen LogP contribution in [0, 0.1) is 12.7 Å². The van der Waals surface area contributed by atoms with Crippen LogP contribution in [0.15, 0.2) is 47.7 Å². The molecule has 1 aliphatic rings. The lowest BCUT2D eigenvalue weighted by molar-refractivity contribution is -0.116. The summed E-state index contributed by atoms with van der Waals surface area (Å²) in [5.41, 5.74) is 4.90. The van der Waals surface area contributed by atoms with Crippen molar-refractivity contribution in [3.8, 4) is 0 Å². The average molecular weight is 373 g/mol. The van der Waals surface area contributed by atoms with Crippen molar-refractivity contribution in [1.82, 2.24) is 0 Å². The fraction of sp³-hybridized carbons (Fsp3) is 0.286. The maximum atomic E-state index is 13.7. The van der Waals surface area contributed by atoms with Gasteiger partial charge in [0, 0.05) is 29.9 Å². The van der Waals surface area contributed by atoms with Crippen LogP contribution in [-0.4, -0.2) is 5.78 Å². The summed E-state index contributed by atoms with van der Waals surface area (Å²) in [6, 6.07) is 10.7. The van der Waals surface area contributed by atoms with E-state index in [4.69, 9.17) is 11.6 Å². The Morgan fingerprint density at radius 2 is 1.96 bits per heavy atom. The summed E-state index contributed by atoms with van der Waals surface area (Å²) in [6.07, 6.45) is 2.31. The number of carbonyl (C=O) groups is 1. The van der Waals surface area contributed by atoms with Crippen molar-refractivity contribution in [2.24, 2.45) is 0 Å². The topological polar surface area (TPSA) is 41.1 Å². The number of nitrogens with one attached hydrogen (secondary N) is 2. The van der Waals surface area contributed by atoms with E-state index >= 15 is 0 Å². The summed E-state index contributed by atoms with van der Waals surface area (Å²) in [6.45, 7) is 4.15. The SMILES string of the molecule is CC1=C(Nc2cc(NCc3cccc(F)c3C)ccc2Cl)CCCC1=O. The van der Waals surface area contributed by atoms with Crippen LogP contribution >= 0.6 is 11.6 Å². The van der Waals surface area contributed by atoms with Gasteiger partial charge in [-0.05, 0) is 62.1 Å². The van der Waals surface area contributed by atoms with E-state index in [1.807, 2.05) is 31.2 Å². The number of rotatable bonds is 5. The lowest BCUT2D eigenvalue weighted by atomic mass is 9.96. The first-order valence-corrected chi connectivity index (χ1v) is 9.11. The number of benzene rings is 2. The first kappa shape index (κ1) is 18.5. The highest BCUT2D eigenvalue weighted by Crippen LogP contribution is 2.30. The molecule has 2 N–H and O–H groups in total. The van der Waals surface area contributed by atoms with Gasteiger partial charge in [0.25, 0.3) is 0 Å². The molecule has 0 saturated heterocycles. The smallest absolute Gasteiger partial charge is 0.160 e. The molecule has 136 valence electrons. The van der Waals surface area contributed by atoms with Crippen molar-refractivity contribution in [1.29, 1.82) is 0 Å². The third-order valence-corrected chi connectivity index (χ3v) is 5.15. The lowest BCUT2D eigenvalue weighted by Crippen LogP contribution is -2.14. The molecule has 0 atom stereocenters. The van der Waals surface area contributed by atoms with E-state index in [9.17, 15) is 9.18 Å². The zero-order chi connectivity index (χ0) is 18.7. The highest BCUT2D eigenvalue weighted by molar-refractivity contribution is 6.33. The van der Waals surface area contributed by atoms with E-state index in [-0.39, 0.29) is 11.6 Å². The molecule has 2 aromatic rings. The molecule has 5 heteroatoms. The van der Waals surface area contributed by atoms with Crippen LogP contribution in [0.5, 0.6) is 0 Å². The summed E-state index contributed by atoms with van der Waals surface area (Å²) in [5, 5.41) is 7.21. The molecule has 1 aliphatic carbocycles. The van der Waals surface area contributed by atoms with E-state index in [2.05, 4.69) is 10.6 Å². The Bertz CT molecular complexity index is 876. The maximum absolute atomic E-state index is 13.7. The largest absolute Gasteiger partial charge is 0.381 e. The van der Waals surface area contributed by atoms with Crippen LogP contribution in [0.2, 0.25) is 5.02 Å². The van der Waals surface area contributed by atoms with Crippen LogP contribution < -0.4 is 10.6 Å². The van der Waals surface area contributed by atoms with Gasteiger partial charge >= 0.3 is 0 Å². The van der Waals surface area contributed by atoms with E-state index in [1.165, 1.54) is 6.07 Å². The second kappa shape index (κ2) is 7.92. The van der Waals surface area contributed by atoms with Crippen LogP contribution in [0.1, 0.15) is 37.3 Å². The number of anilines is 2. The molecule has 0 bridgehead atoms. The van der Waals surface area contributed by atoms with Crippen LogP contribution in [0.4, 0.5) is 15.8 Å². The number of ketones is 1. The number of carbonyl (C=O) groups excluding carboxylic acids is 1. The zero-order valence-electron chi connectivity index (χ0n) is 15.0. The standard InChI is InChI=1S/C21H22ClFN2O/c1-13-15(5-3-6-18(13)23)12-24-16-9-10-17(22)20(11-16)25-19-7-4-8-21(26)14(19)2/h3,5-6,9-11,24-25H,4,7-8,12H2,1-2H3. The summed E-state index contributed by atoms with van der Waals surface area (Å²) in [5.74, 6) is -0.0159. The predicted octanol–water partition coefficient (Wildman–Crippen LogP) is 5.84. The van der Waals surface area contributed by atoms with Gasteiger partial charge in [0.2, 0.25) is 0 Å². The second-order valence-corrected chi connectivity index (χ2v) is 6.98. The Hall–Kier alpha value is -2.33. The van der Waals surface area contributed by atoms with Crippen molar-refractivity contribution >= 4 is 28.8 Å². The van der Waals surface area contributed by atoms with E-state index in [0.29, 0.717) is 23.6 Å². The molecule has 0 spiro atoms. The normalized spacial score (nSPS) is 14.5. The van der Waals surface area contributed by atoms with Crippen molar-refractivity contribution in [2.45, 2.75) is 39.7 Å². The summed E-state index contributed by atoms with van der Waals surface area (Å²) >= 11 is 6.32. The Kier molecular flexibility index (Phi) is 5.62. The molecular formula is C21H22ClFN2O. The maximum Gasteiger partial charge on any atom is 0.160 e. The lowest BCUT2D eigenvalue weighted by Gasteiger charge is -2.20. The quantitative estimate of drug-likeness (QED) is 0.692. The molecule has 3 nitrogen and oxygen atoms in total. The van der Waals surface area contributed by atoms with Gasteiger partial charge in [-0.1, -0.05) is 23.7 Å². The van der Waals surface area contributed by atoms with Crippen LogP contribution in [-0.2, 0) is 11.3 Å². The van der Waals surface area contributed by atoms with E-state index in [0.717, 1.165) is 41.1 Å². The first-order valence-electron chi connectivity index (χ1n) is 8.73. The van der Waals surface area contributed by atoms with Gasteiger partial charge < -0.3 is 10.6 Å². The number of hydrogen-bond acceptors (Lipinski definition) is 3. The summed E-state index contributed by atoms with van der Waals surface area (Å²) < 4.78 is 13.7. The molecule has 0 fully saturated rings. The minimum absolute atomic E-state index is 0.186. The Morgan fingerprint density at radius 3 is 2.77 bits per heavy atom.